The molecule has 1 saturated heterocycles. The van der Waals surface area contributed by atoms with Crippen LogP contribution >= 0.6 is 11.6 Å². The minimum Gasteiger partial charge on any atom is -0.424 e. The van der Waals surface area contributed by atoms with Gasteiger partial charge in [0.05, 0.1) is 41.3 Å². The Hall–Kier alpha value is -4.73. The molecule has 0 radical (unpaired) electrons. The van der Waals surface area contributed by atoms with E-state index in [9.17, 15) is 10.1 Å². The highest BCUT2D eigenvalue weighted by Crippen LogP contribution is 2.43. The quantitative estimate of drug-likeness (QED) is 0.253. The topological polar surface area (TPSA) is 118 Å². The molecule has 1 fully saturated rings. The maximum atomic E-state index is 15.1. The van der Waals surface area contributed by atoms with E-state index < -0.39 is 5.82 Å². The SMILES string of the molecule is C=CC(=O)N1CCN(c2nc(Oc3cccc4c3CCN(C)C4)nc3c2CCCN3C(C)c2c(Cl)c(F)cc3[nH]ncc23)C[C@@H]1CC#N. The van der Waals surface area contributed by atoms with Gasteiger partial charge in [-0.1, -0.05) is 30.3 Å². The number of H-pyrrole nitrogens is 1. The van der Waals surface area contributed by atoms with E-state index in [4.69, 9.17) is 26.3 Å². The third-order valence-corrected chi connectivity index (χ3v) is 10.2. The van der Waals surface area contributed by atoms with Crippen molar-refractivity contribution >= 4 is 40.0 Å². The van der Waals surface area contributed by atoms with Gasteiger partial charge in [-0.05, 0) is 50.9 Å². The van der Waals surface area contributed by atoms with Gasteiger partial charge in [-0.2, -0.15) is 20.3 Å². The van der Waals surface area contributed by atoms with Crippen molar-refractivity contribution in [2.45, 2.75) is 51.2 Å². The number of anilines is 2. The average molecular weight is 670 g/mol. The molecule has 48 heavy (non-hydrogen) atoms. The summed E-state index contributed by atoms with van der Waals surface area (Å²) in [6.07, 6.45) is 5.52. The first-order chi connectivity index (χ1) is 23.3. The van der Waals surface area contributed by atoms with Crippen molar-refractivity contribution in [2.75, 3.05) is 49.6 Å². The van der Waals surface area contributed by atoms with E-state index >= 15 is 4.39 Å². The summed E-state index contributed by atoms with van der Waals surface area (Å²) in [4.78, 5) is 31.0. The number of aromatic amines is 1. The number of hydrogen-bond acceptors (Lipinski definition) is 9. The van der Waals surface area contributed by atoms with E-state index in [2.05, 4.69) is 50.7 Å². The summed E-state index contributed by atoms with van der Waals surface area (Å²) in [6.45, 7) is 9.41. The van der Waals surface area contributed by atoms with E-state index in [1.807, 2.05) is 19.1 Å². The summed E-state index contributed by atoms with van der Waals surface area (Å²) < 4.78 is 21.7. The number of aromatic nitrogens is 4. The third-order valence-electron chi connectivity index (χ3n) is 9.78. The van der Waals surface area contributed by atoms with Crippen LogP contribution < -0.4 is 14.5 Å². The number of nitriles is 1. The number of amides is 1. The smallest absolute Gasteiger partial charge is 0.325 e. The highest BCUT2D eigenvalue weighted by Gasteiger charge is 2.36. The second-order valence-corrected chi connectivity index (χ2v) is 13.1. The van der Waals surface area contributed by atoms with E-state index in [0.29, 0.717) is 55.3 Å². The van der Waals surface area contributed by atoms with Gasteiger partial charge in [0.15, 0.2) is 0 Å². The van der Waals surface area contributed by atoms with Gasteiger partial charge in [-0.25, -0.2) is 4.39 Å². The number of nitrogens with zero attached hydrogens (tertiary/aromatic N) is 8. The van der Waals surface area contributed by atoms with Crippen molar-refractivity contribution in [3.63, 3.8) is 0 Å². The molecule has 5 heterocycles. The zero-order valence-corrected chi connectivity index (χ0v) is 27.8. The summed E-state index contributed by atoms with van der Waals surface area (Å²) >= 11 is 6.66. The highest BCUT2D eigenvalue weighted by molar-refractivity contribution is 6.32. The molecule has 11 nitrogen and oxygen atoms in total. The third kappa shape index (κ3) is 5.71. The molecule has 1 amide bonds. The van der Waals surface area contributed by atoms with Crippen LogP contribution in [0.4, 0.5) is 16.0 Å². The molecule has 0 bridgehead atoms. The lowest BCUT2D eigenvalue weighted by molar-refractivity contribution is -0.128. The lowest BCUT2D eigenvalue weighted by Crippen LogP contribution is -2.55. The summed E-state index contributed by atoms with van der Waals surface area (Å²) in [5.74, 6) is 1.41. The number of benzene rings is 2. The Morgan fingerprint density at radius 3 is 2.88 bits per heavy atom. The summed E-state index contributed by atoms with van der Waals surface area (Å²) in [5, 5.41) is 17.5. The fourth-order valence-corrected chi connectivity index (χ4v) is 7.70. The van der Waals surface area contributed by atoms with Crippen LogP contribution in [0.3, 0.4) is 0 Å². The number of fused-ring (bicyclic) bond motifs is 3. The number of hydrogen-bond donors (Lipinski definition) is 1. The molecule has 1 unspecified atom stereocenters. The normalized spacial score (nSPS) is 18.6. The van der Waals surface area contributed by atoms with Crippen molar-refractivity contribution in [3.8, 4) is 17.8 Å². The molecular formula is C35H37ClFN9O2. The van der Waals surface area contributed by atoms with Gasteiger partial charge in [-0.3, -0.25) is 9.89 Å². The molecule has 2 aromatic carbocycles. The van der Waals surface area contributed by atoms with Gasteiger partial charge in [0.25, 0.3) is 0 Å². The number of carbonyl (C=O) groups is 1. The molecule has 0 saturated carbocycles. The minimum atomic E-state index is -0.519. The predicted octanol–water partition coefficient (Wildman–Crippen LogP) is 5.56. The van der Waals surface area contributed by atoms with Gasteiger partial charge < -0.3 is 24.3 Å². The highest BCUT2D eigenvalue weighted by atomic mass is 35.5. The first kappa shape index (κ1) is 31.8. The zero-order valence-electron chi connectivity index (χ0n) is 27.0. The zero-order chi connectivity index (χ0) is 33.5. The number of likely N-dealkylation sites (N-methyl/N-ethyl adjacent to an activating group) is 1. The molecule has 2 aromatic heterocycles. The molecule has 3 aliphatic heterocycles. The summed E-state index contributed by atoms with van der Waals surface area (Å²) in [6, 6.07) is 9.19. The van der Waals surface area contributed by atoms with Crippen LogP contribution in [0.25, 0.3) is 10.9 Å². The molecule has 1 N–H and O–H groups in total. The molecule has 4 aromatic rings. The summed E-state index contributed by atoms with van der Waals surface area (Å²) in [5.41, 5.74) is 4.48. The first-order valence-corrected chi connectivity index (χ1v) is 16.7. The van der Waals surface area contributed by atoms with Crippen LogP contribution in [-0.2, 0) is 24.2 Å². The van der Waals surface area contributed by atoms with Crippen molar-refractivity contribution in [2.24, 2.45) is 0 Å². The monoisotopic (exact) mass is 669 g/mol. The van der Waals surface area contributed by atoms with E-state index in [1.54, 1.807) is 11.1 Å². The molecule has 3 aliphatic rings. The van der Waals surface area contributed by atoms with E-state index in [0.717, 1.165) is 48.2 Å². The van der Waals surface area contributed by atoms with Crippen LogP contribution in [0.5, 0.6) is 11.8 Å². The van der Waals surface area contributed by atoms with Crippen molar-refractivity contribution < 1.29 is 13.9 Å². The van der Waals surface area contributed by atoms with Crippen LogP contribution in [0.15, 0.2) is 43.1 Å². The second kappa shape index (κ2) is 13.1. The van der Waals surface area contributed by atoms with E-state index in [1.165, 1.54) is 17.7 Å². The lowest BCUT2D eigenvalue weighted by Gasteiger charge is -2.43. The molecule has 0 spiro atoms. The number of halogens is 2. The second-order valence-electron chi connectivity index (χ2n) is 12.7. The minimum absolute atomic E-state index is 0.0533. The number of piperazine rings is 1. The standard InChI is InChI=1S/C35H37ClFN9O2/c1-4-30(47)46-16-15-44(20-23(46)10-12-38)33-25-8-6-13-45(21(2)31-26-18-39-42-28(26)17-27(37)32(31)36)34(25)41-35(40-33)48-29-9-5-7-22-19-43(3)14-11-24(22)29/h4-5,7,9,17-18,21,23H,1,6,8,10-11,13-16,19-20H2,2-3H3,(H,39,42)/t21?,23-/m0/s1. The average Bonchev–Trinajstić information content (AvgIpc) is 3.55. The van der Waals surface area contributed by atoms with Gasteiger partial charge in [-0.15, -0.1) is 0 Å². The van der Waals surface area contributed by atoms with Crippen LogP contribution in [0.1, 0.15) is 48.1 Å². The first-order valence-electron chi connectivity index (χ1n) is 16.3. The molecule has 13 heteroatoms. The fourth-order valence-electron chi connectivity index (χ4n) is 7.39. The van der Waals surface area contributed by atoms with Gasteiger partial charge in [0, 0.05) is 67.4 Å². The Morgan fingerprint density at radius 2 is 2.06 bits per heavy atom. The van der Waals surface area contributed by atoms with Crippen molar-refractivity contribution in [1.29, 1.82) is 5.26 Å². The van der Waals surface area contributed by atoms with Gasteiger partial charge in [0.2, 0.25) is 5.91 Å². The fraction of sp³-hybridized carbons (Fsp3) is 0.400. The molecular weight excluding hydrogens is 633 g/mol. The Bertz CT molecular complexity index is 1940. The van der Waals surface area contributed by atoms with Crippen molar-refractivity contribution in [3.05, 3.63) is 76.2 Å². The Kier molecular flexibility index (Phi) is 8.66. The number of carbonyl (C=O) groups excluding carboxylic acids is 1. The number of rotatable bonds is 7. The number of nitrogens with one attached hydrogen (secondary N) is 1. The molecule has 248 valence electrons. The van der Waals surface area contributed by atoms with Crippen LogP contribution in [0, 0.1) is 17.1 Å². The van der Waals surface area contributed by atoms with Gasteiger partial charge >= 0.3 is 6.01 Å². The van der Waals surface area contributed by atoms with Crippen LogP contribution in [0.2, 0.25) is 5.02 Å². The molecule has 0 aliphatic carbocycles. The van der Waals surface area contributed by atoms with Crippen molar-refractivity contribution in [1.82, 2.24) is 30.0 Å². The van der Waals surface area contributed by atoms with Gasteiger partial charge in [0.1, 0.15) is 23.2 Å². The Balaban J connectivity index is 1.33. The molecule has 7 rings (SSSR count). The van der Waals surface area contributed by atoms with Crippen LogP contribution in [-0.4, -0.2) is 81.7 Å². The Labute approximate surface area is 283 Å². The largest absolute Gasteiger partial charge is 0.424 e. The number of ether oxygens (including phenoxy) is 1. The predicted molar refractivity (Wildman–Crippen MR) is 182 cm³/mol. The Morgan fingerprint density at radius 1 is 1.23 bits per heavy atom. The summed E-state index contributed by atoms with van der Waals surface area (Å²) in [7, 11) is 2.11. The molecule has 2 atom stereocenters. The maximum Gasteiger partial charge on any atom is 0.325 e. The lowest BCUT2D eigenvalue weighted by atomic mass is 9.97. The maximum absolute atomic E-state index is 15.1. The van der Waals surface area contributed by atoms with E-state index in [-0.39, 0.29) is 35.4 Å².